The minimum atomic E-state index is -0.418. The Morgan fingerprint density at radius 2 is 1.62 bits per heavy atom. The molecule has 0 radical (unpaired) electrons. The molecule has 0 atom stereocenters. The highest BCUT2D eigenvalue weighted by molar-refractivity contribution is 6.33. The second-order valence-electron chi connectivity index (χ2n) is 6.76. The van der Waals surface area contributed by atoms with Crippen LogP contribution in [-0.2, 0) is 0 Å². The van der Waals surface area contributed by atoms with Crippen molar-refractivity contribution in [1.82, 2.24) is 14.8 Å². The minimum Gasteiger partial charge on any atom is -0.318 e. The van der Waals surface area contributed by atoms with Crippen molar-refractivity contribution in [3.8, 4) is 17.1 Å². The molecule has 6 heteroatoms. The Hall–Kier alpha value is -3.44. The van der Waals surface area contributed by atoms with Crippen molar-refractivity contribution < 1.29 is 4.79 Å². The molecule has 29 heavy (non-hydrogen) atoms. The molecule has 1 N–H and O–H groups in total. The fraction of sp³-hybridized carbons (Fsp3) is 0.0870. The fourth-order valence-electron chi connectivity index (χ4n) is 3.01. The van der Waals surface area contributed by atoms with Crippen molar-refractivity contribution in [1.29, 1.82) is 0 Å². The van der Waals surface area contributed by atoms with Crippen LogP contribution in [0, 0.1) is 13.8 Å². The number of aromatic nitrogens is 3. The highest BCUT2D eigenvalue weighted by atomic mass is 35.5. The monoisotopic (exact) mass is 402 g/mol. The first kappa shape index (κ1) is 18.9. The number of para-hydroxylation sites is 2. The summed E-state index contributed by atoms with van der Waals surface area (Å²) in [6.07, 6.45) is 0. The van der Waals surface area contributed by atoms with Crippen molar-refractivity contribution in [3.63, 3.8) is 0 Å². The lowest BCUT2D eigenvalue weighted by Crippen LogP contribution is -2.14. The summed E-state index contributed by atoms with van der Waals surface area (Å²) in [5, 5.41) is 7.76. The molecule has 4 rings (SSSR count). The van der Waals surface area contributed by atoms with Crippen molar-refractivity contribution in [2.45, 2.75) is 13.8 Å². The molecule has 0 aliphatic carbocycles. The largest absolute Gasteiger partial charge is 0.318 e. The molecule has 0 aliphatic rings. The third-order valence-electron chi connectivity index (χ3n) is 4.59. The van der Waals surface area contributed by atoms with Crippen LogP contribution in [0.15, 0.2) is 72.8 Å². The van der Waals surface area contributed by atoms with Crippen LogP contribution in [0.2, 0.25) is 5.02 Å². The number of carbonyl (C=O) groups excluding carboxylic acids is 1. The maximum Gasteiger partial charge on any atom is 0.295 e. The number of benzene rings is 3. The molecule has 1 aromatic heterocycles. The van der Waals surface area contributed by atoms with Gasteiger partial charge >= 0.3 is 0 Å². The zero-order valence-electron chi connectivity index (χ0n) is 16.1. The van der Waals surface area contributed by atoms with E-state index in [4.69, 9.17) is 11.6 Å². The highest BCUT2D eigenvalue weighted by Crippen LogP contribution is 2.25. The Bertz CT molecular complexity index is 1180. The van der Waals surface area contributed by atoms with E-state index in [1.165, 1.54) is 0 Å². The van der Waals surface area contributed by atoms with Gasteiger partial charge in [-0.3, -0.25) is 4.79 Å². The van der Waals surface area contributed by atoms with Crippen molar-refractivity contribution >= 4 is 23.2 Å². The number of rotatable bonds is 4. The number of hydrogen-bond acceptors (Lipinski definition) is 3. The number of aryl methyl sites for hydroxylation is 2. The van der Waals surface area contributed by atoms with Crippen LogP contribution in [-0.4, -0.2) is 20.7 Å². The fourth-order valence-corrected chi connectivity index (χ4v) is 3.19. The number of amides is 1. The molecule has 0 saturated heterocycles. The molecule has 3 aromatic carbocycles. The zero-order chi connectivity index (χ0) is 20.4. The number of nitrogens with one attached hydrogen (secondary N) is 1. The van der Waals surface area contributed by atoms with Crippen LogP contribution in [0.4, 0.5) is 5.69 Å². The molecular weight excluding hydrogens is 384 g/mol. The van der Waals surface area contributed by atoms with Crippen LogP contribution in [0.3, 0.4) is 0 Å². The van der Waals surface area contributed by atoms with Crippen LogP contribution < -0.4 is 5.32 Å². The third kappa shape index (κ3) is 3.91. The molecule has 0 unspecified atom stereocenters. The average molecular weight is 403 g/mol. The van der Waals surface area contributed by atoms with E-state index in [0.29, 0.717) is 16.5 Å². The molecular formula is C23H19ClN4O. The van der Waals surface area contributed by atoms with Gasteiger partial charge in [-0.25, -0.2) is 9.67 Å². The average Bonchev–Trinajstić information content (AvgIpc) is 3.16. The van der Waals surface area contributed by atoms with Crippen molar-refractivity contribution in [2.75, 3.05) is 5.32 Å². The summed E-state index contributed by atoms with van der Waals surface area (Å²) >= 11 is 6.16. The maximum atomic E-state index is 12.8. The lowest BCUT2D eigenvalue weighted by Gasteiger charge is -2.09. The first-order valence-electron chi connectivity index (χ1n) is 9.19. The lowest BCUT2D eigenvalue weighted by molar-refractivity contribution is 0.101. The van der Waals surface area contributed by atoms with E-state index in [0.717, 1.165) is 22.4 Å². The number of halogens is 1. The van der Waals surface area contributed by atoms with Gasteiger partial charge in [0.1, 0.15) is 0 Å². The normalized spacial score (nSPS) is 10.7. The van der Waals surface area contributed by atoms with Gasteiger partial charge in [0, 0.05) is 5.56 Å². The SMILES string of the molecule is Cc1ccc(-c2nc(C(=O)Nc3ccccc3Cl)nn2-c2ccccc2C)cc1. The number of carbonyl (C=O) groups is 1. The van der Waals surface area contributed by atoms with Crippen molar-refractivity contribution in [2.24, 2.45) is 0 Å². The smallest absolute Gasteiger partial charge is 0.295 e. The maximum absolute atomic E-state index is 12.8. The lowest BCUT2D eigenvalue weighted by atomic mass is 10.1. The molecule has 0 fully saturated rings. The summed E-state index contributed by atoms with van der Waals surface area (Å²) in [5.74, 6) is 0.256. The molecule has 1 amide bonds. The van der Waals surface area contributed by atoms with Gasteiger partial charge in [-0.15, -0.1) is 5.10 Å². The summed E-state index contributed by atoms with van der Waals surface area (Å²) < 4.78 is 1.71. The summed E-state index contributed by atoms with van der Waals surface area (Å²) in [6, 6.07) is 22.9. The van der Waals surface area contributed by atoms with Gasteiger partial charge in [0.25, 0.3) is 5.91 Å². The second-order valence-corrected chi connectivity index (χ2v) is 7.16. The second kappa shape index (κ2) is 7.89. The predicted molar refractivity (Wildman–Crippen MR) is 116 cm³/mol. The molecule has 1 heterocycles. The van der Waals surface area contributed by atoms with E-state index in [1.54, 1.807) is 28.9 Å². The molecule has 0 aliphatic heterocycles. The van der Waals surface area contributed by atoms with Gasteiger partial charge in [-0.2, -0.15) is 0 Å². The minimum absolute atomic E-state index is 0.0729. The van der Waals surface area contributed by atoms with Crippen LogP contribution in [0.5, 0.6) is 0 Å². The van der Waals surface area contributed by atoms with E-state index >= 15 is 0 Å². The van der Waals surface area contributed by atoms with Gasteiger partial charge in [-0.1, -0.05) is 71.8 Å². The highest BCUT2D eigenvalue weighted by Gasteiger charge is 2.20. The zero-order valence-corrected chi connectivity index (χ0v) is 16.8. The topological polar surface area (TPSA) is 59.8 Å². The van der Waals surface area contributed by atoms with E-state index < -0.39 is 5.91 Å². The van der Waals surface area contributed by atoms with E-state index in [1.807, 2.05) is 62.4 Å². The Morgan fingerprint density at radius 1 is 0.931 bits per heavy atom. The molecule has 5 nitrogen and oxygen atoms in total. The first-order valence-corrected chi connectivity index (χ1v) is 9.57. The van der Waals surface area contributed by atoms with Crippen molar-refractivity contribution in [3.05, 3.63) is 94.8 Å². The van der Waals surface area contributed by atoms with Gasteiger partial charge in [0.05, 0.1) is 16.4 Å². The van der Waals surface area contributed by atoms with Gasteiger partial charge in [0.15, 0.2) is 5.82 Å². The summed E-state index contributed by atoms with van der Waals surface area (Å²) in [6.45, 7) is 4.03. The van der Waals surface area contributed by atoms with Gasteiger partial charge in [0.2, 0.25) is 5.82 Å². The molecule has 0 saturated carbocycles. The predicted octanol–water partition coefficient (Wildman–Crippen LogP) is 5.46. The molecule has 144 valence electrons. The summed E-state index contributed by atoms with van der Waals surface area (Å²) in [7, 11) is 0. The van der Waals surface area contributed by atoms with Gasteiger partial charge in [-0.05, 0) is 37.6 Å². The Balaban J connectivity index is 1.79. The third-order valence-corrected chi connectivity index (χ3v) is 4.92. The molecule has 4 aromatic rings. The van der Waals surface area contributed by atoms with Crippen LogP contribution in [0.1, 0.15) is 21.7 Å². The van der Waals surface area contributed by atoms with E-state index in [2.05, 4.69) is 15.4 Å². The number of nitrogens with zero attached hydrogens (tertiary/aromatic N) is 3. The van der Waals surface area contributed by atoms with E-state index in [9.17, 15) is 4.79 Å². The Morgan fingerprint density at radius 3 is 2.34 bits per heavy atom. The van der Waals surface area contributed by atoms with Crippen LogP contribution in [0.25, 0.3) is 17.1 Å². The Labute approximate surface area is 174 Å². The Kier molecular flexibility index (Phi) is 5.14. The standard InChI is InChI=1S/C23H19ClN4O/c1-15-11-13-17(14-12-15)22-26-21(23(29)25-19-9-5-4-8-18(19)24)27-28(22)20-10-6-3-7-16(20)2/h3-14H,1-2H3,(H,25,29). The number of hydrogen-bond donors (Lipinski definition) is 1. The first-order chi connectivity index (χ1) is 14.0. The molecule has 0 bridgehead atoms. The number of anilines is 1. The quantitative estimate of drug-likeness (QED) is 0.493. The van der Waals surface area contributed by atoms with Gasteiger partial charge < -0.3 is 5.32 Å². The van der Waals surface area contributed by atoms with E-state index in [-0.39, 0.29) is 5.82 Å². The summed E-state index contributed by atoms with van der Waals surface area (Å²) in [4.78, 5) is 17.4. The molecule has 0 spiro atoms. The van der Waals surface area contributed by atoms with Crippen LogP contribution >= 0.6 is 11.6 Å². The summed E-state index contributed by atoms with van der Waals surface area (Å²) in [5.41, 5.74) is 4.44.